The van der Waals surface area contributed by atoms with Crippen molar-refractivity contribution >= 4 is 17.7 Å². The molecule has 0 spiro atoms. The van der Waals surface area contributed by atoms with E-state index in [0.29, 0.717) is 12.8 Å². The Morgan fingerprint density at radius 3 is 1.73 bits per heavy atom. The predicted molar refractivity (Wildman–Crippen MR) is 51.9 cm³/mol. The van der Waals surface area contributed by atoms with E-state index in [4.69, 9.17) is 17.2 Å². The van der Waals surface area contributed by atoms with E-state index in [1.165, 1.54) is 0 Å². The van der Waals surface area contributed by atoms with E-state index in [2.05, 4.69) is 0 Å². The second kappa shape index (κ2) is 4.29. The lowest BCUT2D eigenvalue weighted by atomic mass is 9.73. The van der Waals surface area contributed by atoms with Gasteiger partial charge in [-0.05, 0) is 19.3 Å². The number of hydrogen-bond acceptors (Lipinski definition) is 3. The van der Waals surface area contributed by atoms with Gasteiger partial charge in [0.25, 0.3) is 0 Å². The Kier molecular flexibility index (Phi) is 3.28. The average molecular weight is 213 g/mol. The highest BCUT2D eigenvalue weighted by Crippen LogP contribution is 2.33. The Morgan fingerprint density at radius 2 is 1.33 bits per heavy atom. The van der Waals surface area contributed by atoms with Crippen LogP contribution >= 0.6 is 0 Å². The summed E-state index contributed by atoms with van der Waals surface area (Å²) in [4.78, 5) is 33.1. The molecule has 0 aromatic rings. The third kappa shape index (κ3) is 2.45. The minimum atomic E-state index is -0.659. The highest BCUT2D eigenvalue weighted by molar-refractivity contribution is 5.87. The van der Waals surface area contributed by atoms with Gasteiger partial charge in [0, 0.05) is 11.8 Å². The molecule has 0 radical (unpaired) electrons. The molecular formula is C9H15N3O3. The van der Waals surface area contributed by atoms with Crippen LogP contribution in [-0.4, -0.2) is 17.7 Å². The molecule has 6 heteroatoms. The van der Waals surface area contributed by atoms with Crippen molar-refractivity contribution in [2.75, 3.05) is 0 Å². The molecule has 15 heavy (non-hydrogen) atoms. The molecule has 3 atom stereocenters. The van der Waals surface area contributed by atoms with Gasteiger partial charge in [0.05, 0.1) is 5.92 Å². The predicted octanol–water partition coefficient (Wildman–Crippen LogP) is -1.53. The number of nitrogens with two attached hydrogens (primary N) is 3. The molecule has 1 fully saturated rings. The van der Waals surface area contributed by atoms with Gasteiger partial charge in [-0.25, -0.2) is 0 Å². The van der Waals surface area contributed by atoms with Crippen LogP contribution < -0.4 is 17.2 Å². The van der Waals surface area contributed by atoms with Crippen LogP contribution in [0.15, 0.2) is 0 Å². The van der Waals surface area contributed by atoms with Crippen molar-refractivity contribution in [3.63, 3.8) is 0 Å². The zero-order chi connectivity index (χ0) is 11.6. The molecular weight excluding hydrogens is 198 g/mol. The van der Waals surface area contributed by atoms with Crippen LogP contribution in [0.4, 0.5) is 0 Å². The maximum atomic E-state index is 11.1. The molecule has 0 aromatic heterocycles. The van der Waals surface area contributed by atoms with Crippen molar-refractivity contribution in [2.24, 2.45) is 35.0 Å². The summed E-state index contributed by atoms with van der Waals surface area (Å²) in [7, 11) is 0. The van der Waals surface area contributed by atoms with Crippen LogP contribution in [0.3, 0.4) is 0 Å². The lowest BCUT2D eigenvalue weighted by Crippen LogP contribution is -2.44. The number of amides is 3. The van der Waals surface area contributed by atoms with E-state index in [0.717, 1.165) is 0 Å². The molecule has 0 bridgehead atoms. The van der Waals surface area contributed by atoms with Crippen molar-refractivity contribution in [2.45, 2.75) is 19.3 Å². The third-order valence-electron chi connectivity index (χ3n) is 2.98. The van der Waals surface area contributed by atoms with E-state index in [9.17, 15) is 14.4 Å². The van der Waals surface area contributed by atoms with Gasteiger partial charge < -0.3 is 17.2 Å². The highest BCUT2D eigenvalue weighted by atomic mass is 16.2. The van der Waals surface area contributed by atoms with Gasteiger partial charge >= 0.3 is 0 Å². The molecule has 1 aliphatic carbocycles. The van der Waals surface area contributed by atoms with E-state index in [1.54, 1.807) is 0 Å². The van der Waals surface area contributed by atoms with Gasteiger partial charge in [-0.3, -0.25) is 14.4 Å². The van der Waals surface area contributed by atoms with E-state index in [1.807, 2.05) is 0 Å². The summed E-state index contributed by atoms with van der Waals surface area (Å²) in [6.45, 7) is 0. The van der Waals surface area contributed by atoms with Crippen LogP contribution in [-0.2, 0) is 14.4 Å². The molecule has 0 saturated heterocycles. The van der Waals surface area contributed by atoms with Crippen molar-refractivity contribution in [1.82, 2.24) is 0 Å². The average Bonchev–Trinajstić information content (AvgIpc) is 2.16. The zero-order valence-electron chi connectivity index (χ0n) is 8.31. The highest BCUT2D eigenvalue weighted by Gasteiger charge is 2.38. The van der Waals surface area contributed by atoms with Crippen LogP contribution in [0.25, 0.3) is 0 Å². The fourth-order valence-corrected chi connectivity index (χ4v) is 2.08. The normalized spacial score (nSPS) is 30.8. The lowest BCUT2D eigenvalue weighted by molar-refractivity contribution is -0.136. The lowest BCUT2D eigenvalue weighted by Gasteiger charge is -2.30. The summed E-state index contributed by atoms with van der Waals surface area (Å²) in [6.07, 6.45) is 1.13. The number of hydrogen-bond donors (Lipinski definition) is 3. The number of rotatable bonds is 3. The summed E-state index contributed by atoms with van der Waals surface area (Å²) >= 11 is 0. The monoisotopic (exact) mass is 213 g/mol. The van der Waals surface area contributed by atoms with Gasteiger partial charge in [-0.2, -0.15) is 0 Å². The quantitative estimate of drug-likeness (QED) is 0.526. The number of primary amides is 3. The Bertz CT molecular complexity index is 303. The zero-order valence-corrected chi connectivity index (χ0v) is 8.31. The Morgan fingerprint density at radius 1 is 0.800 bits per heavy atom. The van der Waals surface area contributed by atoms with E-state index >= 15 is 0 Å². The summed E-state index contributed by atoms with van der Waals surface area (Å²) in [5.41, 5.74) is 15.5. The SMILES string of the molecule is NC(=O)C1CCC(C(N)=O)C(C(N)=O)C1. The molecule has 6 N–H and O–H groups in total. The van der Waals surface area contributed by atoms with Gasteiger partial charge in [-0.15, -0.1) is 0 Å². The fourth-order valence-electron chi connectivity index (χ4n) is 2.08. The third-order valence-corrected chi connectivity index (χ3v) is 2.98. The number of carbonyl (C=O) groups excluding carboxylic acids is 3. The standard InChI is InChI=1S/C9H15N3O3/c10-7(13)4-1-2-5(8(11)14)6(3-4)9(12)15/h4-6H,1-3H2,(H2,10,13)(H2,11,14)(H2,12,15). The molecule has 1 saturated carbocycles. The van der Waals surface area contributed by atoms with Crippen LogP contribution in [0.2, 0.25) is 0 Å². The first-order chi connectivity index (χ1) is 6.93. The summed E-state index contributed by atoms with van der Waals surface area (Å²) in [5.74, 6) is -3.18. The number of carbonyl (C=O) groups is 3. The van der Waals surface area contributed by atoms with Gasteiger partial charge in [-0.1, -0.05) is 0 Å². The van der Waals surface area contributed by atoms with Crippen LogP contribution in [0.5, 0.6) is 0 Å². The molecule has 84 valence electrons. The van der Waals surface area contributed by atoms with Crippen LogP contribution in [0, 0.1) is 17.8 Å². The smallest absolute Gasteiger partial charge is 0.221 e. The first kappa shape index (κ1) is 11.5. The Balaban J connectivity index is 2.78. The fraction of sp³-hybridized carbons (Fsp3) is 0.667. The molecule has 3 amide bonds. The molecule has 0 aliphatic heterocycles. The first-order valence-electron chi connectivity index (χ1n) is 4.81. The largest absolute Gasteiger partial charge is 0.369 e. The van der Waals surface area contributed by atoms with E-state index < -0.39 is 29.6 Å². The minimum Gasteiger partial charge on any atom is -0.369 e. The van der Waals surface area contributed by atoms with Crippen molar-refractivity contribution in [3.8, 4) is 0 Å². The molecule has 0 heterocycles. The maximum Gasteiger partial charge on any atom is 0.221 e. The van der Waals surface area contributed by atoms with Crippen molar-refractivity contribution in [3.05, 3.63) is 0 Å². The van der Waals surface area contributed by atoms with Crippen molar-refractivity contribution < 1.29 is 14.4 Å². The minimum absolute atomic E-state index is 0.234. The Hall–Kier alpha value is -1.59. The molecule has 0 aromatic carbocycles. The molecule has 1 aliphatic rings. The Labute approximate surface area is 87.2 Å². The second-order valence-corrected chi connectivity index (χ2v) is 3.93. The molecule has 1 rings (SSSR count). The molecule has 3 unspecified atom stereocenters. The summed E-state index contributed by atoms with van der Waals surface area (Å²) in [6, 6.07) is 0. The molecule has 6 nitrogen and oxygen atoms in total. The summed E-state index contributed by atoms with van der Waals surface area (Å²) < 4.78 is 0. The van der Waals surface area contributed by atoms with Gasteiger partial charge in [0.2, 0.25) is 17.7 Å². The van der Waals surface area contributed by atoms with Crippen molar-refractivity contribution in [1.29, 1.82) is 0 Å². The second-order valence-electron chi connectivity index (χ2n) is 3.93. The van der Waals surface area contributed by atoms with Crippen LogP contribution in [0.1, 0.15) is 19.3 Å². The van der Waals surface area contributed by atoms with Gasteiger partial charge in [0.1, 0.15) is 0 Å². The first-order valence-corrected chi connectivity index (χ1v) is 4.81. The maximum absolute atomic E-state index is 11.1. The topological polar surface area (TPSA) is 129 Å². The van der Waals surface area contributed by atoms with Gasteiger partial charge in [0.15, 0.2) is 0 Å². The summed E-state index contributed by atoms with van der Waals surface area (Å²) in [5, 5.41) is 0. The van der Waals surface area contributed by atoms with E-state index in [-0.39, 0.29) is 12.3 Å².